The summed E-state index contributed by atoms with van der Waals surface area (Å²) in [7, 11) is 0. The van der Waals surface area contributed by atoms with Gasteiger partial charge in [-0.2, -0.15) is 0 Å². The zero-order valence-corrected chi connectivity index (χ0v) is 17.6. The first-order valence-electron chi connectivity index (χ1n) is 10.4. The van der Waals surface area contributed by atoms with Crippen LogP contribution < -0.4 is 10.9 Å². The zero-order valence-electron chi connectivity index (χ0n) is 16.8. The van der Waals surface area contributed by atoms with Crippen LogP contribution in [-0.2, 0) is 19.4 Å². The van der Waals surface area contributed by atoms with E-state index < -0.39 is 0 Å². The van der Waals surface area contributed by atoms with Crippen molar-refractivity contribution in [2.24, 2.45) is 0 Å². The van der Waals surface area contributed by atoms with Crippen LogP contribution in [0.25, 0.3) is 21.1 Å². The first-order chi connectivity index (χ1) is 14.6. The lowest BCUT2D eigenvalue weighted by Crippen LogP contribution is -2.24. The number of thiazole rings is 1. The molecular formula is C23H22N4O2S. The monoisotopic (exact) mass is 418 g/mol. The molecular weight excluding hydrogens is 396 g/mol. The quantitative estimate of drug-likeness (QED) is 0.530. The molecule has 0 spiro atoms. The maximum atomic E-state index is 12.9. The van der Waals surface area contributed by atoms with E-state index in [-0.39, 0.29) is 11.5 Å². The van der Waals surface area contributed by atoms with Crippen molar-refractivity contribution in [3.05, 3.63) is 63.7 Å². The molecule has 7 heteroatoms. The number of aryl methyl sites for hydroxylation is 2. The third-order valence-corrected chi connectivity index (χ3v) is 6.59. The number of amides is 1. The average molecular weight is 419 g/mol. The van der Waals surface area contributed by atoms with Gasteiger partial charge in [0.25, 0.3) is 11.5 Å². The number of rotatable bonds is 3. The van der Waals surface area contributed by atoms with Gasteiger partial charge in [-0.25, -0.2) is 9.97 Å². The molecule has 1 N–H and O–H groups in total. The Hall–Kier alpha value is -3.06. The van der Waals surface area contributed by atoms with Gasteiger partial charge in [0, 0.05) is 18.5 Å². The minimum atomic E-state index is -0.247. The Kier molecular flexibility index (Phi) is 4.83. The summed E-state index contributed by atoms with van der Waals surface area (Å²) in [5, 5.41) is 4.02. The van der Waals surface area contributed by atoms with Crippen LogP contribution in [0, 0.1) is 0 Å². The highest BCUT2D eigenvalue weighted by Crippen LogP contribution is 2.27. The molecule has 0 unspecified atom stereocenters. The lowest BCUT2D eigenvalue weighted by molar-refractivity contribution is 0.102. The van der Waals surface area contributed by atoms with E-state index in [2.05, 4.69) is 29.4 Å². The second-order valence-corrected chi connectivity index (χ2v) is 8.69. The summed E-state index contributed by atoms with van der Waals surface area (Å²) in [6, 6.07) is 11.3. The highest BCUT2D eigenvalue weighted by atomic mass is 32.1. The molecule has 5 rings (SSSR count). The first kappa shape index (κ1) is 18.9. The molecule has 0 radical (unpaired) electrons. The Morgan fingerprint density at radius 1 is 1.10 bits per heavy atom. The minimum Gasteiger partial charge on any atom is -0.298 e. The van der Waals surface area contributed by atoms with Gasteiger partial charge in [-0.15, -0.1) is 0 Å². The molecule has 4 aromatic rings. The van der Waals surface area contributed by atoms with Gasteiger partial charge in [0.1, 0.15) is 5.82 Å². The molecule has 1 aliphatic rings. The van der Waals surface area contributed by atoms with Crippen molar-refractivity contribution >= 4 is 43.5 Å². The van der Waals surface area contributed by atoms with E-state index in [1.807, 2.05) is 6.07 Å². The SMILES string of the molecule is CCc1ccc2nc(NC(=O)c3ccc4c(=O)n5c(nc4c3)CCCCC5)sc2c1. The van der Waals surface area contributed by atoms with Gasteiger partial charge in [0.05, 0.1) is 21.1 Å². The maximum absolute atomic E-state index is 12.9. The fourth-order valence-electron chi connectivity index (χ4n) is 3.97. The summed E-state index contributed by atoms with van der Waals surface area (Å²) in [4.78, 5) is 34.9. The predicted octanol–water partition coefficient (Wildman–Crippen LogP) is 4.55. The number of anilines is 1. The Balaban J connectivity index is 1.47. The zero-order chi connectivity index (χ0) is 20.7. The molecule has 6 nitrogen and oxygen atoms in total. The third kappa shape index (κ3) is 3.39. The topological polar surface area (TPSA) is 76.9 Å². The average Bonchev–Trinajstić information content (AvgIpc) is 3.00. The van der Waals surface area contributed by atoms with Crippen molar-refractivity contribution in [3.8, 4) is 0 Å². The number of benzene rings is 2. The van der Waals surface area contributed by atoms with E-state index in [0.717, 1.165) is 54.7 Å². The predicted molar refractivity (Wildman–Crippen MR) is 121 cm³/mol. The molecule has 0 bridgehead atoms. The van der Waals surface area contributed by atoms with Gasteiger partial charge in [-0.1, -0.05) is 30.7 Å². The smallest absolute Gasteiger partial charge is 0.261 e. The van der Waals surface area contributed by atoms with Gasteiger partial charge in [0.15, 0.2) is 5.13 Å². The number of nitrogens with zero attached hydrogens (tertiary/aromatic N) is 3. The van der Waals surface area contributed by atoms with Crippen LogP contribution in [0.15, 0.2) is 41.2 Å². The Morgan fingerprint density at radius 3 is 2.87 bits per heavy atom. The van der Waals surface area contributed by atoms with E-state index in [1.54, 1.807) is 22.8 Å². The van der Waals surface area contributed by atoms with Crippen molar-refractivity contribution in [2.45, 2.75) is 45.6 Å². The summed E-state index contributed by atoms with van der Waals surface area (Å²) in [6.07, 6.45) is 4.91. The summed E-state index contributed by atoms with van der Waals surface area (Å²) >= 11 is 1.46. The second-order valence-electron chi connectivity index (χ2n) is 7.66. The van der Waals surface area contributed by atoms with Crippen LogP contribution >= 0.6 is 11.3 Å². The second kappa shape index (κ2) is 7.65. The molecule has 0 atom stereocenters. The van der Waals surface area contributed by atoms with Crippen LogP contribution in [0.1, 0.15) is 47.9 Å². The fourth-order valence-corrected chi connectivity index (χ4v) is 4.90. The maximum Gasteiger partial charge on any atom is 0.261 e. The lowest BCUT2D eigenvalue weighted by Gasteiger charge is -2.10. The largest absolute Gasteiger partial charge is 0.298 e. The number of nitrogens with one attached hydrogen (secondary N) is 1. The lowest BCUT2D eigenvalue weighted by atomic mass is 10.1. The Morgan fingerprint density at radius 2 is 2.00 bits per heavy atom. The Labute approximate surface area is 177 Å². The van der Waals surface area contributed by atoms with Gasteiger partial charge >= 0.3 is 0 Å². The normalized spacial score (nSPS) is 13.9. The minimum absolute atomic E-state index is 0.0123. The van der Waals surface area contributed by atoms with Gasteiger partial charge in [-0.05, 0) is 55.2 Å². The summed E-state index contributed by atoms with van der Waals surface area (Å²) in [5.41, 5.74) is 3.17. The van der Waals surface area contributed by atoms with Gasteiger partial charge in [-0.3, -0.25) is 19.5 Å². The van der Waals surface area contributed by atoms with Crippen molar-refractivity contribution in [1.82, 2.24) is 14.5 Å². The highest BCUT2D eigenvalue weighted by molar-refractivity contribution is 7.22. The first-order valence-corrected chi connectivity index (χ1v) is 11.2. The molecule has 0 saturated heterocycles. The van der Waals surface area contributed by atoms with E-state index in [9.17, 15) is 9.59 Å². The molecule has 1 amide bonds. The van der Waals surface area contributed by atoms with Crippen molar-refractivity contribution in [1.29, 1.82) is 0 Å². The van der Waals surface area contributed by atoms with Crippen LogP contribution in [-0.4, -0.2) is 20.4 Å². The van der Waals surface area contributed by atoms with Crippen LogP contribution in [0.4, 0.5) is 5.13 Å². The van der Waals surface area contributed by atoms with Crippen molar-refractivity contribution < 1.29 is 4.79 Å². The third-order valence-electron chi connectivity index (χ3n) is 5.66. The molecule has 1 aliphatic heterocycles. The molecule has 3 heterocycles. The van der Waals surface area contributed by atoms with Crippen molar-refractivity contribution in [3.63, 3.8) is 0 Å². The summed E-state index contributed by atoms with van der Waals surface area (Å²) in [5.74, 6) is 0.573. The van der Waals surface area contributed by atoms with Crippen LogP contribution in [0.2, 0.25) is 0 Å². The molecule has 0 saturated carbocycles. The number of aromatic nitrogens is 3. The number of carbonyl (C=O) groups is 1. The van der Waals surface area contributed by atoms with E-state index in [1.165, 1.54) is 16.9 Å². The number of hydrogen-bond donors (Lipinski definition) is 1. The van der Waals surface area contributed by atoms with Gasteiger partial charge < -0.3 is 0 Å². The van der Waals surface area contributed by atoms with E-state index in [4.69, 9.17) is 4.98 Å². The Bertz CT molecular complexity index is 1340. The molecule has 0 fully saturated rings. The van der Waals surface area contributed by atoms with Crippen LogP contribution in [0.3, 0.4) is 0 Å². The van der Waals surface area contributed by atoms with E-state index >= 15 is 0 Å². The summed E-state index contributed by atoms with van der Waals surface area (Å²) in [6.45, 7) is 2.83. The number of hydrogen-bond acceptors (Lipinski definition) is 5. The van der Waals surface area contributed by atoms with E-state index in [0.29, 0.717) is 21.6 Å². The summed E-state index contributed by atoms with van der Waals surface area (Å²) < 4.78 is 2.85. The fraction of sp³-hybridized carbons (Fsp3) is 0.304. The van der Waals surface area contributed by atoms with Gasteiger partial charge in [0.2, 0.25) is 0 Å². The molecule has 0 aliphatic carbocycles. The molecule has 2 aromatic carbocycles. The van der Waals surface area contributed by atoms with Crippen molar-refractivity contribution in [2.75, 3.05) is 5.32 Å². The molecule has 152 valence electrons. The highest BCUT2D eigenvalue weighted by Gasteiger charge is 2.16. The standard InChI is InChI=1S/C23H22N4O2S/c1-2-14-7-10-17-19(12-14)30-23(25-17)26-21(28)15-8-9-16-18(13-15)24-20-6-4-3-5-11-27(20)22(16)29/h7-10,12-13H,2-6,11H2,1H3,(H,25,26,28). The number of carbonyl (C=O) groups excluding carboxylic acids is 1. The molecule has 2 aromatic heterocycles. The number of fused-ring (bicyclic) bond motifs is 3. The van der Waals surface area contributed by atoms with Crippen LogP contribution in [0.5, 0.6) is 0 Å². The molecule has 30 heavy (non-hydrogen) atoms.